The van der Waals surface area contributed by atoms with Crippen molar-refractivity contribution in [3.63, 3.8) is 0 Å². The topological polar surface area (TPSA) is 213 Å². The first-order valence-electron chi connectivity index (χ1n) is 23.0. The first kappa shape index (κ1) is 46.0. The Morgan fingerprint density at radius 3 is 0.972 bits per heavy atom. The fourth-order valence-electron chi connectivity index (χ4n) is 9.07. The molecule has 0 bridgehead atoms. The Morgan fingerprint density at radius 2 is 0.676 bits per heavy atom. The van der Waals surface area contributed by atoms with Crippen molar-refractivity contribution in [3.8, 4) is 17.1 Å². The summed E-state index contributed by atoms with van der Waals surface area (Å²) in [5.74, 6) is 0. The predicted molar refractivity (Wildman–Crippen MR) is 279 cm³/mol. The minimum Gasteiger partial charge on any atom is -0.392 e. The van der Waals surface area contributed by atoms with Gasteiger partial charge in [0, 0.05) is 34.7 Å². The number of hydrogen-bond acceptors (Lipinski definition) is 9. The summed E-state index contributed by atoms with van der Waals surface area (Å²) in [6.45, 7) is 9.74. The van der Waals surface area contributed by atoms with Gasteiger partial charge in [-0.2, -0.15) is 0 Å². The zero-order valence-corrected chi connectivity index (χ0v) is 39.6. The third-order valence-corrected chi connectivity index (χ3v) is 13.3. The van der Waals surface area contributed by atoms with Gasteiger partial charge < -0.3 is 15.3 Å². The van der Waals surface area contributed by atoms with Crippen LogP contribution in [0.25, 0.3) is 82.5 Å². The number of benzene rings is 6. The number of para-hydroxylation sites is 1. The Balaban J connectivity index is 0.000000123. The summed E-state index contributed by atoms with van der Waals surface area (Å²) >= 11 is 0. The van der Waals surface area contributed by atoms with E-state index in [1.165, 1.54) is 4.68 Å². The van der Waals surface area contributed by atoms with E-state index in [1.807, 2.05) is 150 Å². The highest BCUT2D eigenvalue weighted by Gasteiger charge is 2.17. The molecule has 0 fully saturated rings. The zero-order valence-electron chi connectivity index (χ0n) is 39.6. The molecule has 0 aliphatic rings. The quantitative estimate of drug-likeness (QED) is 0.0941. The maximum atomic E-state index is 12.7. The van der Waals surface area contributed by atoms with Crippen molar-refractivity contribution in [2.45, 2.75) is 54.4 Å². The van der Waals surface area contributed by atoms with Crippen molar-refractivity contribution in [1.82, 2.24) is 44.3 Å². The number of aromatic amines is 3. The molecule has 0 aliphatic heterocycles. The summed E-state index contributed by atoms with van der Waals surface area (Å²) < 4.78 is 4.61. The molecule has 6 heterocycles. The molecular weight excluding hydrogens is 895 g/mol. The van der Waals surface area contributed by atoms with Gasteiger partial charge in [0.2, 0.25) is 0 Å². The molecule has 0 radical (unpaired) electrons. The average molecular weight is 944 g/mol. The summed E-state index contributed by atoms with van der Waals surface area (Å²) in [6, 6.07) is 36.3. The lowest BCUT2D eigenvalue weighted by molar-refractivity contribution is 0.281. The maximum absolute atomic E-state index is 12.7. The van der Waals surface area contributed by atoms with Gasteiger partial charge in [0.1, 0.15) is 0 Å². The number of aromatic nitrogens is 9. The van der Waals surface area contributed by atoms with Gasteiger partial charge in [-0.25, -0.2) is 14.0 Å². The summed E-state index contributed by atoms with van der Waals surface area (Å²) in [5, 5.41) is 42.1. The second-order valence-electron chi connectivity index (χ2n) is 17.6. The lowest BCUT2D eigenvalue weighted by Crippen LogP contribution is -2.14. The highest BCUT2D eigenvalue weighted by molar-refractivity contribution is 6.06. The van der Waals surface area contributed by atoms with Gasteiger partial charge >= 0.3 is 0 Å². The van der Waals surface area contributed by atoms with Gasteiger partial charge in [-0.3, -0.25) is 44.6 Å². The molecule has 12 rings (SSSR count). The molecule has 354 valence electrons. The SMILES string of the molecule is Cc1c(CO)ccc2c1ncc1c(=O)n(-c3ccccc3)[nH]c12.Cc1ccc(-n2[nH]c3c(cnc4c(C)c(CO)ccc43)c2=O)cc1.Cc1ccc(-n2[nH]c3c(cnc4c(C)c(CO)ccc43)c2=O)cc1. The Hall–Kier alpha value is -8.76. The summed E-state index contributed by atoms with van der Waals surface area (Å²) in [6.07, 6.45) is 4.81. The minimum absolute atomic E-state index is 0.0248. The van der Waals surface area contributed by atoms with Gasteiger partial charge in [-0.1, -0.05) is 90.0 Å². The van der Waals surface area contributed by atoms with Gasteiger partial charge in [0.05, 0.1) is 86.1 Å². The molecule has 0 amide bonds. The molecule has 0 atom stereocenters. The van der Waals surface area contributed by atoms with Crippen molar-refractivity contribution in [1.29, 1.82) is 0 Å². The normalized spacial score (nSPS) is 11.4. The number of hydrogen-bond donors (Lipinski definition) is 6. The van der Waals surface area contributed by atoms with Gasteiger partial charge in [0.15, 0.2) is 0 Å². The fourth-order valence-corrected chi connectivity index (χ4v) is 9.07. The van der Waals surface area contributed by atoms with E-state index in [0.717, 1.165) is 111 Å². The van der Waals surface area contributed by atoms with E-state index in [9.17, 15) is 29.7 Å². The molecule has 71 heavy (non-hydrogen) atoms. The number of nitrogens with zero attached hydrogens (tertiary/aromatic N) is 6. The van der Waals surface area contributed by atoms with Crippen molar-refractivity contribution in [2.24, 2.45) is 0 Å². The van der Waals surface area contributed by atoms with Crippen LogP contribution in [-0.4, -0.2) is 59.6 Å². The first-order chi connectivity index (χ1) is 34.4. The Bertz CT molecular complexity index is 4000. The number of pyridine rings is 3. The largest absolute Gasteiger partial charge is 0.392 e. The van der Waals surface area contributed by atoms with Crippen molar-refractivity contribution in [2.75, 3.05) is 0 Å². The highest BCUT2D eigenvalue weighted by Crippen LogP contribution is 2.29. The molecule has 6 aromatic carbocycles. The Labute approximate surface area is 404 Å². The van der Waals surface area contributed by atoms with Gasteiger partial charge in [-0.15, -0.1) is 0 Å². The molecule has 0 unspecified atom stereocenters. The maximum Gasteiger partial charge on any atom is 0.280 e. The van der Waals surface area contributed by atoms with Crippen LogP contribution in [0.2, 0.25) is 0 Å². The van der Waals surface area contributed by atoms with E-state index in [1.54, 1.807) is 28.0 Å². The number of aliphatic hydroxyl groups excluding tert-OH is 3. The van der Waals surface area contributed by atoms with Crippen LogP contribution in [0, 0.1) is 34.6 Å². The third-order valence-electron chi connectivity index (χ3n) is 13.3. The molecule has 15 nitrogen and oxygen atoms in total. The molecule has 12 aromatic rings. The van der Waals surface area contributed by atoms with E-state index in [4.69, 9.17) is 0 Å². The summed E-state index contributed by atoms with van der Waals surface area (Å²) in [7, 11) is 0. The van der Waals surface area contributed by atoms with Crippen LogP contribution in [-0.2, 0) is 19.8 Å². The van der Waals surface area contributed by atoms with E-state index in [0.29, 0.717) is 16.2 Å². The van der Waals surface area contributed by atoms with Crippen LogP contribution in [0.5, 0.6) is 0 Å². The van der Waals surface area contributed by atoms with Crippen LogP contribution >= 0.6 is 0 Å². The second kappa shape index (κ2) is 18.6. The molecule has 0 aliphatic carbocycles. The zero-order chi connectivity index (χ0) is 49.7. The van der Waals surface area contributed by atoms with Gasteiger partial charge in [0.25, 0.3) is 16.7 Å². The molecule has 0 saturated heterocycles. The predicted octanol–water partition coefficient (Wildman–Crippen LogP) is 8.62. The number of fused-ring (bicyclic) bond motifs is 9. The van der Waals surface area contributed by atoms with E-state index < -0.39 is 0 Å². The molecule has 15 heteroatoms. The number of aryl methyl sites for hydroxylation is 5. The highest BCUT2D eigenvalue weighted by atomic mass is 16.3. The molecule has 6 aromatic heterocycles. The van der Waals surface area contributed by atoms with Crippen LogP contribution in [0.4, 0.5) is 0 Å². The van der Waals surface area contributed by atoms with Crippen LogP contribution in [0.15, 0.2) is 148 Å². The third kappa shape index (κ3) is 8.07. The van der Waals surface area contributed by atoms with E-state index in [2.05, 4.69) is 30.2 Å². The Kier molecular flexibility index (Phi) is 12.1. The van der Waals surface area contributed by atoms with Crippen LogP contribution < -0.4 is 16.7 Å². The minimum atomic E-state index is -0.121. The smallest absolute Gasteiger partial charge is 0.280 e. The number of H-pyrrole nitrogens is 3. The number of aliphatic hydroxyl groups is 3. The monoisotopic (exact) mass is 943 g/mol. The lowest BCUT2D eigenvalue weighted by atomic mass is 10.0. The summed E-state index contributed by atoms with van der Waals surface area (Å²) in [5.41, 5.74) is 14.3. The molecule has 0 saturated carbocycles. The van der Waals surface area contributed by atoms with E-state index >= 15 is 0 Å². The van der Waals surface area contributed by atoms with Crippen molar-refractivity contribution in [3.05, 3.63) is 209 Å². The average Bonchev–Trinajstić information content (AvgIpc) is 4.05. The fraction of sp³-hybridized carbons (Fsp3) is 0.143. The van der Waals surface area contributed by atoms with Gasteiger partial charge in [-0.05, 0) is 104 Å². The second-order valence-corrected chi connectivity index (χ2v) is 17.6. The van der Waals surface area contributed by atoms with Crippen molar-refractivity contribution >= 4 is 65.4 Å². The van der Waals surface area contributed by atoms with Crippen LogP contribution in [0.3, 0.4) is 0 Å². The standard InChI is InChI=1S/2C19H17N3O2.C18H15N3O2/c2*1-11-3-6-14(7-4-11)22-19(24)16-9-20-17-12(2)13(10-23)5-8-15(17)18(16)21-22;1-11-12(10-22)7-8-14-16(11)19-9-15-17(14)20-21(18(15)23)13-5-3-2-4-6-13/h2*3-9,21,23H,10H2,1-2H3;2-9,20,22H,10H2,1H3. The lowest BCUT2D eigenvalue weighted by Gasteiger charge is -2.06. The molecule has 6 N–H and O–H groups in total. The van der Waals surface area contributed by atoms with Crippen LogP contribution in [0.1, 0.15) is 44.5 Å². The van der Waals surface area contributed by atoms with E-state index in [-0.39, 0.29) is 36.5 Å². The number of nitrogens with one attached hydrogen (secondary N) is 3. The summed E-state index contributed by atoms with van der Waals surface area (Å²) in [4.78, 5) is 51.4. The molecule has 0 spiro atoms. The Morgan fingerprint density at radius 1 is 0.380 bits per heavy atom. The molecular formula is C56H49N9O6. The number of rotatable bonds is 6. The first-order valence-corrected chi connectivity index (χ1v) is 23.0. The van der Waals surface area contributed by atoms with Crippen molar-refractivity contribution < 1.29 is 15.3 Å².